The van der Waals surface area contributed by atoms with Crippen LogP contribution in [-0.4, -0.2) is 15.0 Å². The molecule has 4 heteroatoms. The third-order valence-corrected chi connectivity index (χ3v) is 12.9. The Labute approximate surface area is 328 Å². The van der Waals surface area contributed by atoms with E-state index in [1.165, 1.54) is 75.8 Å². The van der Waals surface area contributed by atoms with Crippen LogP contribution in [0.25, 0.3) is 87.7 Å². The molecule has 0 saturated carbocycles. The van der Waals surface area contributed by atoms with Crippen LogP contribution in [0, 0.1) is 0 Å². The molecule has 10 aromatic rings. The van der Waals surface area contributed by atoms with Crippen molar-refractivity contribution in [3.63, 3.8) is 0 Å². The molecular weight excluding hydrogens is 699 g/mol. The van der Waals surface area contributed by atoms with Gasteiger partial charge in [-0.15, -0.1) is 11.3 Å². The number of fused-ring (bicyclic) bond motifs is 13. The number of thiophene rings is 1. The Kier molecular flexibility index (Phi) is 6.72. The maximum Gasteiger partial charge on any atom is 0.164 e. The average molecular weight is 730 g/mol. The van der Waals surface area contributed by atoms with Gasteiger partial charge in [-0.1, -0.05) is 170 Å². The van der Waals surface area contributed by atoms with Gasteiger partial charge in [-0.3, -0.25) is 0 Å². The van der Waals surface area contributed by atoms with Crippen molar-refractivity contribution in [2.24, 2.45) is 0 Å². The first-order valence-corrected chi connectivity index (χ1v) is 19.8. The van der Waals surface area contributed by atoms with E-state index in [9.17, 15) is 0 Å². The second kappa shape index (κ2) is 12.0. The predicted molar refractivity (Wildman–Crippen MR) is 231 cm³/mol. The van der Waals surface area contributed by atoms with Crippen LogP contribution in [0.5, 0.6) is 0 Å². The molecule has 260 valence electrons. The molecule has 0 unspecified atom stereocenters. The molecule has 0 N–H and O–H groups in total. The highest BCUT2D eigenvalue weighted by Crippen LogP contribution is 2.64. The van der Waals surface area contributed by atoms with Crippen molar-refractivity contribution in [2.75, 3.05) is 0 Å². The van der Waals surface area contributed by atoms with Gasteiger partial charge in [0, 0.05) is 36.9 Å². The van der Waals surface area contributed by atoms with Crippen molar-refractivity contribution in [1.82, 2.24) is 15.0 Å². The molecule has 2 aliphatic rings. The van der Waals surface area contributed by atoms with Crippen molar-refractivity contribution in [3.05, 3.63) is 210 Å². The summed E-state index contributed by atoms with van der Waals surface area (Å²) in [5, 5.41) is 2.49. The number of hydrogen-bond acceptors (Lipinski definition) is 4. The van der Waals surface area contributed by atoms with E-state index < -0.39 is 0 Å². The monoisotopic (exact) mass is 729 g/mol. The normalized spacial score (nSPS) is 13.1. The van der Waals surface area contributed by atoms with Crippen LogP contribution >= 0.6 is 11.3 Å². The molecule has 0 aliphatic heterocycles. The maximum absolute atomic E-state index is 5.01. The first-order chi connectivity index (χ1) is 27.8. The number of hydrogen-bond donors (Lipinski definition) is 0. The van der Waals surface area contributed by atoms with Crippen LogP contribution in [0.4, 0.5) is 0 Å². The SMILES string of the molecule is c1ccc(-c2nc(-c3ccccc3)nc(-c3ccc4c(c3)sc3ccc(-c5cccc6c5-c5ccccc5C65c6ccccc6-c6ccccc65)cc34)n2)cc1. The Bertz CT molecular complexity index is 3100. The molecule has 0 radical (unpaired) electrons. The van der Waals surface area contributed by atoms with E-state index in [1.54, 1.807) is 0 Å². The highest BCUT2D eigenvalue weighted by atomic mass is 32.1. The minimum Gasteiger partial charge on any atom is -0.208 e. The summed E-state index contributed by atoms with van der Waals surface area (Å²) in [5.74, 6) is 2.00. The summed E-state index contributed by atoms with van der Waals surface area (Å²) in [7, 11) is 0. The van der Waals surface area contributed by atoms with E-state index in [1.807, 2.05) is 72.0 Å². The average Bonchev–Trinajstić information content (AvgIpc) is 3.90. The lowest BCUT2D eigenvalue weighted by molar-refractivity contribution is 0.794. The van der Waals surface area contributed by atoms with E-state index >= 15 is 0 Å². The van der Waals surface area contributed by atoms with E-state index in [0.29, 0.717) is 17.5 Å². The standard InChI is InChI=1S/C52H31N3S/c1-3-14-32(15-4-1)49-53-50(33-16-5-2-6-17-33)55-51(54-49)35-26-28-39-41-30-34(27-29-46(41)56-47(39)31-35)36-21-13-25-45-48(36)40-20-9-12-24-44(40)52(45)42-22-10-7-18-37(42)38-19-8-11-23-43(38)52/h1-31H. The molecule has 0 bridgehead atoms. The lowest BCUT2D eigenvalue weighted by Crippen LogP contribution is -2.25. The highest BCUT2D eigenvalue weighted by Gasteiger charge is 2.51. The minimum absolute atomic E-state index is 0.361. The third-order valence-electron chi connectivity index (χ3n) is 11.8. The van der Waals surface area contributed by atoms with Gasteiger partial charge < -0.3 is 0 Å². The molecule has 2 aromatic heterocycles. The van der Waals surface area contributed by atoms with Gasteiger partial charge in [0.1, 0.15) is 0 Å². The van der Waals surface area contributed by atoms with Crippen LogP contribution in [0.15, 0.2) is 188 Å². The minimum atomic E-state index is -0.361. The van der Waals surface area contributed by atoms with Gasteiger partial charge in [0.25, 0.3) is 0 Å². The Morgan fingerprint density at radius 1 is 0.321 bits per heavy atom. The number of aromatic nitrogens is 3. The maximum atomic E-state index is 5.01. The van der Waals surface area contributed by atoms with E-state index in [4.69, 9.17) is 15.0 Å². The fraction of sp³-hybridized carbons (Fsp3) is 0.0192. The largest absolute Gasteiger partial charge is 0.208 e. The fourth-order valence-electron chi connectivity index (χ4n) is 9.41. The van der Waals surface area contributed by atoms with E-state index in [0.717, 1.165) is 16.7 Å². The molecule has 56 heavy (non-hydrogen) atoms. The summed E-state index contributed by atoms with van der Waals surface area (Å²) < 4.78 is 2.47. The summed E-state index contributed by atoms with van der Waals surface area (Å²) in [4.78, 5) is 14.9. The predicted octanol–water partition coefficient (Wildman–Crippen LogP) is 13.3. The molecule has 12 rings (SSSR count). The van der Waals surface area contributed by atoms with Gasteiger partial charge in [-0.05, 0) is 73.8 Å². The molecule has 3 nitrogen and oxygen atoms in total. The zero-order chi connectivity index (χ0) is 36.8. The fourth-order valence-corrected chi connectivity index (χ4v) is 10.5. The van der Waals surface area contributed by atoms with Crippen LogP contribution in [0.2, 0.25) is 0 Å². The van der Waals surface area contributed by atoms with Crippen molar-refractivity contribution < 1.29 is 0 Å². The Hall–Kier alpha value is -7.01. The summed E-state index contributed by atoms with van der Waals surface area (Å²) in [5.41, 5.74) is 15.8. The number of benzene rings is 8. The van der Waals surface area contributed by atoms with Crippen LogP contribution in [0.1, 0.15) is 22.3 Å². The van der Waals surface area contributed by atoms with Crippen molar-refractivity contribution in [2.45, 2.75) is 5.41 Å². The Balaban J connectivity index is 1.01. The second-order valence-corrected chi connectivity index (χ2v) is 15.8. The first-order valence-electron chi connectivity index (χ1n) is 19.0. The van der Waals surface area contributed by atoms with Crippen LogP contribution in [0.3, 0.4) is 0 Å². The van der Waals surface area contributed by atoms with Crippen molar-refractivity contribution in [1.29, 1.82) is 0 Å². The summed E-state index contributed by atoms with van der Waals surface area (Å²) in [6, 6.07) is 68.0. The summed E-state index contributed by atoms with van der Waals surface area (Å²) in [6.45, 7) is 0. The van der Waals surface area contributed by atoms with Gasteiger partial charge in [-0.2, -0.15) is 0 Å². The lowest BCUT2D eigenvalue weighted by atomic mass is 9.70. The summed E-state index contributed by atoms with van der Waals surface area (Å²) >= 11 is 1.82. The molecule has 0 atom stereocenters. The third kappa shape index (κ3) is 4.42. The molecule has 8 aromatic carbocycles. The molecule has 0 saturated heterocycles. The highest BCUT2D eigenvalue weighted by molar-refractivity contribution is 7.25. The number of rotatable bonds is 4. The Morgan fingerprint density at radius 2 is 0.821 bits per heavy atom. The van der Waals surface area contributed by atoms with Gasteiger partial charge in [0.05, 0.1) is 5.41 Å². The topological polar surface area (TPSA) is 38.7 Å². The van der Waals surface area contributed by atoms with Gasteiger partial charge in [-0.25, -0.2) is 15.0 Å². The molecule has 2 heterocycles. The molecule has 0 fully saturated rings. The molecule has 0 amide bonds. The quantitative estimate of drug-likeness (QED) is 0.181. The van der Waals surface area contributed by atoms with Crippen LogP contribution in [-0.2, 0) is 5.41 Å². The van der Waals surface area contributed by atoms with Crippen LogP contribution < -0.4 is 0 Å². The molecule has 2 aliphatic carbocycles. The second-order valence-electron chi connectivity index (χ2n) is 14.7. The lowest BCUT2D eigenvalue weighted by Gasteiger charge is -2.30. The number of nitrogens with zero attached hydrogens (tertiary/aromatic N) is 3. The van der Waals surface area contributed by atoms with E-state index in [-0.39, 0.29) is 5.41 Å². The zero-order valence-corrected chi connectivity index (χ0v) is 31.0. The van der Waals surface area contributed by atoms with Gasteiger partial charge in [0.15, 0.2) is 17.5 Å². The van der Waals surface area contributed by atoms with Crippen molar-refractivity contribution in [3.8, 4) is 67.5 Å². The Morgan fingerprint density at radius 3 is 1.46 bits per heavy atom. The zero-order valence-electron chi connectivity index (χ0n) is 30.1. The molecular formula is C52H31N3S. The summed E-state index contributed by atoms with van der Waals surface area (Å²) in [6.07, 6.45) is 0. The smallest absolute Gasteiger partial charge is 0.164 e. The van der Waals surface area contributed by atoms with Gasteiger partial charge >= 0.3 is 0 Å². The first kappa shape index (κ1) is 31.4. The van der Waals surface area contributed by atoms with Gasteiger partial charge in [0.2, 0.25) is 0 Å². The van der Waals surface area contributed by atoms with E-state index in [2.05, 4.69) is 127 Å². The molecule has 1 spiro atoms. The van der Waals surface area contributed by atoms with Crippen molar-refractivity contribution >= 4 is 31.5 Å².